The maximum atomic E-state index is 12.5. The molecule has 0 spiro atoms. The molecule has 0 saturated carbocycles. The minimum Gasteiger partial charge on any atom is -0.326 e. The number of amides is 2. The average Bonchev–Trinajstić information content (AvgIpc) is 2.69. The number of carbonyl (C=O) groups is 2. The van der Waals surface area contributed by atoms with Gasteiger partial charge in [-0.15, -0.1) is 0 Å². The first-order chi connectivity index (χ1) is 14.6. The summed E-state index contributed by atoms with van der Waals surface area (Å²) in [4.78, 5) is 24.9. The van der Waals surface area contributed by atoms with Gasteiger partial charge in [-0.05, 0) is 48.9 Å². The van der Waals surface area contributed by atoms with Crippen LogP contribution in [0.5, 0.6) is 0 Å². The summed E-state index contributed by atoms with van der Waals surface area (Å²) in [6.07, 6.45) is 1.31. The van der Waals surface area contributed by atoms with Gasteiger partial charge in [-0.3, -0.25) is 9.59 Å². The molecule has 3 rings (SSSR count). The number of hydrogen-bond donors (Lipinski definition) is 2. The number of benzene rings is 3. The summed E-state index contributed by atoms with van der Waals surface area (Å²) in [6.45, 7) is 1.96. The SMILES string of the molecule is Cc1cccc(CC(=O)Nc2ccc(NC(=O)c3cccc(S(C)(=O)=O)c3)c(Cl)c2)c1. The van der Waals surface area contributed by atoms with E-state index in [2.05, 4.69) is 10.6 Å². The summed E-state index contributed by atoms with van der Waals surface area (Å²) in [5.41, 5.74) is 3.02. The third-order valence-electron chi connectivity index (χ3n) is 4.47. The Morgan fingerprint density at radius 1 is 0.935 bits per heavy atom. The number of rotatable bonds is 6. The lowest BCUT2D eigenvalue weighted by molar-refractivity contribution is -0.115. The van der Waals surface area contributed by atoms with E-state index in [1.165, 1.54) is 30.3 Å². The van der Waals surface area contributed by atoms with Gasteiger partial charge in [0.15, 0.2) is 9.84 Å². The Morgan fingerprint density at radius 3 is 2.35 bits per heavy atom. The summed E-state index contributed by atoms with van der Waals surface area (Å²) in [5, 5.41) is 5.67. The fourth-order valence-electron chi connectivity index (χ4n) is 2.97. The predicted molar refractivity (Wildman–Crippen MR) is 122 cm³/mol. The monoisotopic (exact) mass is 456 g/mol. The Balaban J connectivity index is 1.68. The largest absolute Gasteiger partial charge is 0.326 e. The molecule has 3 aromatic carbocycles. The zero-order valence-electron chi connectivity index (χ0n) is 17.0. The Kier molecular flexibility index (Phi) is 6.77. The molecule has 0 aliphatic heterocycles. The Hall–Kier alpha value is -3.16. The molecule has 2 amide bonds. The highest BCUT2D eigenvalue weighted by Crippen LogP contribution is 2.26. The molecular formula is C23H21ClN2O4S. The van der Waals surface area contributed by atoms with Crippen LogP contribution in [0.3, 0.4) is 0 Å². The number of anilines is 2. The van der Waals surface area contributed by atoms with Crippen molar-refractivity contribution in [2.75, 3.05) is 16.9 Å². The standard InChI is InChI=1S/C23H21ClN2O4S/c1-15-5-3-6-16(11-15)12-22(27)25-18-9-10-21(20(24)14-18)26-23(28)17-7-4-8-19(13-17)31(2,29)30/h3-11,13-14H,12H2,1-2H3,(H,25,27)(H,26,28). The molecule has 0 aliphatic rings. The second kappa shape index (κ2) is 9.32. The highest BCUT2D eigenvalue weighted by molar-refractivity contribution is 7.90. The van der Waals surface area contributed by atoms with E-state index in [1.807, 2.05) is 31.2 Å². The van der Waals surface area contributed by atoms with Crippen LogP contribution < -0.4 is 10.6 Å². The van der Waals surface area contributed by atoms with E-state index in [0.29, 0.717) is 11.4 Å². The predicted octanol–water partition coefficient (Wildman–Crippen LogP) is 4.49. The van der Waals surface area contributed by atoms with E-state index in [9.17, 15) is 18.0 Å². The minimum absolute atomic E-state index is 0.0536. The molecule has 0 aromatic heterocycles. The number of hydrogen-bond acceptors (Lipinski definition) is 4. The smallest absolute Gasteiger partial charge is 0.255 e. The fraction of sp³-hybridized carbons (Fsp3) is 0.130. The Labute approximate surface area is 186 Å². The van der Waals surface area contributed by atoms with Crippen LogP contribution in [0.15, 0.2) is 71.6 Å². The topological polar surface area (TPSA) is 92.3 Å². The molecule has 0 aliphatic carbocycles. The van der Waals surface area contributed by atoms with Crippen LogP contribution >= 0.6 is 11.6 Å². The van der Waals surface area contributed by atoms with Crippen molar-refractivity contribution in [3.63, 3.8) is 0 Å². The molecule has 0 radical (unpaired) electrons. The van der Waals surface area contributed by atoms with E-state index in [-0.39, 0.29) is 27.8 Å². The fourth-order valence-corrected chi connectivity index (χ4v) is 3.86. The molecule has 2 N–H and O–H groups in total. The van der Waals surface area contributed by atoms with Crippen molar-refractivity contribution in [2.24, 2.45) is 0 Å². The van der Waals surface area contributed by atoms with Crippen molar-refractivity contribution in [1.82, 2.24) is 0 Å². The molecule has 0 saturated heterocycles. The van der Waals surface area contributed by atoms with Crippen LogP contribution in [0.25, 0.3) is 0 Å². The van der Waals surface area contributed by atoms with Gasteiger partial charge in [-0.2, -0.15) is 0 Å². The van der Waals surface area contributed by atoms with Crippen LogP contribution in [-0.4, -0.2) is 26.5 Å². The van der Waals surface area contributed by atoms with Crippen molar-refractivity contribution >= 4 is 44.6 Å². The van der Waals surface area contributed by atoms with Crippen LogP contribution in [-0.2, 0) is 21.1 Å². The van der Waals surface area contributed by atoms with Crippen molar-refractivity contribution in [3.8, 4) is 0 Å². The summed E-state index contributed by atoms with van der Waals surface area (Å²) in [7, 11) is -3.43. The number of nitrogens with one attached hydrogen (secondary N) is 2. The van der Waals surface area contributed by atoms with Crippen molar-refractivity contribution < 1.29 is 18.0 Å². The van der Waals surface area contributed by atoms with Gasteiger partial charge in [-0.1, -0.05) is 47.5 Å². The zero-order valence-corrected chi connectivity index (χ0v) is 18.5. The van der Waals surface area contributed by atoms with Crippen LogP contribution in [0, 0.1) is 6.92 Å². The third-order valence-corrected chi connectivity index (χ3v) is 5.90. The first-order valence-electron chi connectivity index (χ1n) is 9.38. The summed E-state index contributed by atoms with van der Waals surface area (Å²) >= 11 is 6.27. The summed E-state index contributed by atoms with van der Waals surface area (Å²) in [6, 6.07) is 18.2. The Morgan fingerprint density at radius 2 is 1.68 bits per heavy atom. The molecular weight excluding hydrogens is 436 g/mol. The van der Waals surface area contributed by atoms with Gasteiger partial charge in [0, 0.05) is 17.5 Å². The summed E-state index contributed by atoms with van der Waals surface area (Å²) in [5.74, 6) is -0.681. The van der Waals surface area contributed by atoms with Crippen LogP contribution in [0.2, 0.25) is 5.02 Å². The molecule has 0 unspecified atom stereocenters. The van der Waals surface area contributed by atoms with Crippen molar-refractivity contribution in [2.45, 2.75) is 18.2 Å². The second-order valence-electron chi connectivity index (χ2n) is 7.16. The number of sulfone groups is 1. The first-order valence-corrected chi connectivity index (χ1v) is 11.7. The lowest BCUT2D eigenvalue weighted by Crippen LogP contribution is -2.15. The minimum atomic E-state index is -3.43. The van der Waals surface area contributed by atoms with Gasteiger partial charge in [0.05, 0.1) is 22.0 Å². The van der Waals surface area contributed by atoms with Crippen LogP contribution in [0.4, 0.5) is 11.4 Å². The molecule has 0 heterocycles. The highest BCUT2D eigenvalue weighted by Gasteiger charge is 2.14. The van der Waals surface area contributed by atoms with E-state index >= 15 is 0 Å². The Bertz CT molecular complexity index is 1260. The lowest BCUT2D eigenvalue weighted by atomic mass is 10.1. The molecule has 8 heteroatoms. The maximum Gasteiger partial charge on any atom is 0.255 e. The van der Waals surface area contributed by atoms with Gasteiger partial charge in [-0.25, -0.2) is 8.42 Å². The third kappa shape index (κ3) is 6.16. The molecule has 3 aromatic rings. The number of carbonyl (C=O) groups excluding carboxylic acids is 2. The average molecular weight is 457 g/mol. The van der Waals surface area contributed by atoms with Gasteiger partial charge in [0.2, 0.25) is 5.91 Å². The van der Waals surface area contributed by atoms with Crippen molar-refractivity contribution in [3.05, 3.63) is 88.4 Å². The quantitative estimate of drug-likeness (QED) is 0.571. The molecule has 160 valence electrons. The normalized spacial score (nSPS) is 11.1. The summed E-state index contributed by atoms with van der Waals surface area (Å²) < 4.78 is 23.4. The van der Waals surface area contributed by atoms with Gasteiger partial charge in [0.1, 0.15) is 0 Å². The molecule has 0 atom stereocenters. The molecule has 6 nitrogen and oxygen atoms in total. The number of halogens is 1. The van der Waals surface area contributed by atoms with Crippen LogP contribution in [0.1, 0.15) is 21.5 Å². The first kappa shape index (κ1) is 22.5. The van der Waals surface area contributed by atoms with E-state index < -0.39 is 15.7 Å². The van der Waals surface area contributed by atoms with Crippen molar-refractivity contribution in [1.29, 1.82) is 0 Å². The number of aryl methyl sites for hydroxylation is 1. The van der Waals surface area contributed by atoms with Gasteiger partial charge in [0.25, 0.3) is 5.91 Å². The second-order valence-corrected chi connectivity index (χ2v) is 9.59. The van der Waals surface area contributed by atoms with Gasteiger partial charge >= 0.3 is 0 Å². The van der Waals surface area contributed by atoms with E-state index in [0.717, 1.165) is 17.4 Å². The maximum absolute atomic E-state index is 12.5. The highest BCUT2D eigenvalue weighted by atomic mass is 35.5. The van der Waals surface area contributed by atoms with E-state index in [1.54, 1.807) is 12.1 Å². The van der Waals surface area contributed by atoms with Gasteiger partial charge < -0.3 is 10.6 Å². The lowest BCUT2D eigenvalue weighted by Gasteiger charge is -2.11. The molecule has 0 fully saturated rings. The zero-order chi connectivity index (χ0) is 22.6. The molecule has 31 heavy (non-hydrogen) atoms. The molecule has 0 bridgehead atoms. The van der Waals surface area contributed by atoms with E-state index in [4.69, 9.17) is 11.6 Å².